The van der Waals surface area contributed by atoms with Gasteiger partial charge in [-0.15, -0.1) is 0 Å². The van der Waals surface area contributed by atoms with Gasteiger partial charge in [-0.1, -0.05) is 17.7 Å². The van der Waals surface area contributed by atoms with E-state index in [1.54, 1.807) is 30.1 Å². The lowest BCUT2D eigenvalue weighted by atomic mass is 10.2. The van der Waals surface area contributed by atoms with Gasteiger partial charge in [0.15, 0.2) is 0 Å². The number of aromatic hydroxyl groups is 1. The van der Waals surface area contributed by atoms with Crippen LogP contribution in [0.2, 0.25) is 5.02 Å². The molecular weight excluding hydrogens is 418 g/mol. The van der Waals surface area contributed by atoms with Crippen LogP contribution in [0.5, 0.6) is 5.75 Å². The molecule has 1 fully saturated rings. The standard InChI is InChI=1S/C19H22ClN3O5S/c1-22(17-12-15(20)5-6-18(17)24)13-21-19(25)14-3-2-4-16(11-14)29(26,27)23-7-9-28-10-8-23/h2-6,11-12,24H,7-10,13H2,1H3,(H,21,25). The number of nitrogens with zero attached hydrogens (tertiary/aromatic N) is 2. The van der Waals surface area contributed by atoms with E-state index in [1.807, 2.05) is 0 Å². The van der Waals surface area contributed by atoms with Crippen LogP contribution >= 0.6 is 11.6 Å². The molecule has 2 N–H and O–H groups in total. The monoisotopic (exact) mass is 439 g/mol. The number of ether oxygens (including phenoxy) is 1. The Morgan fingerprint density at radius 3 is 2.69 bits per heavy atom. The molecule has 2 aromatic carbocycles. The van der Waals surface area contributed by atoms with Crippen molar-refractivity contribution in [2.75, 3.05) is 44.9 Å². The number of halogens is 1. The molecule has 8 nitrogen and oxygen atoms in total. The molecule has 29 heavy (non-hydrogen) atoms. The van der Waals surface area contributed by atoms with E-state index in [1.165, 1.54) is 28.6 Å². The Labute approximate surface area is 174 Å². The first-order valence-electron chi connectivity index (χ1n) is 8.95. The Kier molecular flexibility index (Phi) is 6.63. The Morgan fingerprint density at radius 2 is 1.97 bits per heavy atom. The fraction of sp³-hybridized carbons (Fsp3) is 0.316. The van der Waals surface area contributed by atoms with E-state index in [-0.39, 0.29) is 36.0 Å². The third kappa shape index (κ3) is 4.99. The van der Waals surface area contributed by atoms with Gasteiger partial charge in [0.25, 0.3) is 5.91 Å². The van der Waals surface area contributed by atoms with Crippen LogP contribution in [0.1, 0.15) is 10.4 Å². The summed E-state index contributed by atoms with van der Waals surface area (Å²) in [5.41, 5.74) is 0.685. The van der Waals surface area contributed by atoms with Crippen molar-refractivity contribution in [2.45, 2.75) is 4.90 Å². The average molecular weight is 440 g/mol. The zero-order chi connectivity index (χ0) is 21.0. The Hall–Kier alpha value is -2.33. The van der Waals surface area contributed by atoms with Gasteiger partial charge in [-0.05, 0) is 36.4 Å². The summed E-state index contributed by atoms with van der Waals surface area (Å²) in [5.74, 6) is -0.401. The third-order valence-electron chi connectivity index (χ3n) is 4.53. The number of amides is 1. The molecule has 1 aliphatic heterocycles. The SMILES string of the molecule is CN(CNC(=O)c1cccc(S(=O)(=O)N2CCOCC2)c1)c1cc(Cl)ccc1O. The van der Waals surface area contributed by atoms with E-state index in [0.717, 1.165) is 0 Å². The number of rotatable bonds is 6. The molecule has 0 unspecified atom stereocenters. The second-order valence-corrected chi connectivity index (χ2v) is 8.91. The topological polar surface area (TPSA) is 99.2 Å². The summed E-state index contributed by atoms with van der Waals surface area (Å²) in [7, 11) is -2.00. The number of morpholine rings is 1. The summed E-state index contributed by atoms with van der Waals surface area (Å²) in [5, 5.41) is 13.1. The van der Waals surface area contributed by atoms with Crippen molar-refractivity contribution in [3.05, 3.63) is 53.1 Å². The Morgan fingerprint density at radius 1 is 1.24 bits per heavy atom. The molecule has 0 aromatic heterocycles. The van der Waals surface area contributed by atoms with Crippen LogP contribution in [0.15, 0.2) is 47.4 Å². The van der Waals surface area contributed by atoms with Gasteiger partial charge >= 0.3 is 0 Å². The lowest BCUT2D eigenvalue weighted by molar-refractivity contribution is 0.0730. The number of carbonyl (C=O) groups is 1. The molecule has 0 bridgehead atoms. The third-order valence-corrected chi connectivity index (χ3v) is 6.66. The zero-order valence-electron chi connectivity index (χ0n) is 15.8. The van der Waals surface area contributed by atoms with E-state index in [0.29, 0.717) is 23.9 Å². The predicted molar refractivity (Wildman–Crippen MR) is 110 cm³/mol. The Balaban J connectivity index is 1.70. The molecule has 3 rings (SSSR count). The van der Waals surface area contributed by atoms with Gasteiger partial charge in [0, 0.05) is 30.7 Å². The lowest BCUT2D eigenvalue weighted by Gasteiger charge is -2.26. The number of phenolic OH excluding ortho intramolecular Hbond substituents is 1. The van der Waals surface area contributed by atoms with Gasteiger partial charge in [0.05, 0.1) is 30.5 Å². The van der Waals surface area contributed by atoms with E-state index in [9.17, 15) is 18.3 Å². The maximum absolute atomic E-state index is 12.8. The summed E-state index contributed by atoms with van der Waals surface area (Å²) in [6.07, 6.45) is 0. The Bertz CT molecular complexity index is 993. The summed E-state index contributed by atoms with van der Waals surface area (Å²) in [6, 6.07) is 10.5. The molecule has 0 spiro atoms. The van der Waals surface area contributed by atoms with Crippen LogP contribution in [-0.2, 0) is 14.8 Å². The highest BCUT2D eigenvalue weighted by Crippen LogP contribution is 2.29. The molecule has 0 aliphatic carbocycles. The average Bonchev–Trinajstić information content (AvgIpc) is 2.74. The van der Waals surface area contributed by atoms with Crippen LogP contribution in [0, 0.1) is 0 Å². The molecule has 10 heteroatoms. The number of carbonyl (C=O) groups excluding carboxylic acids is 1. The molecule has 0 saturated carbocycles. The first kappa shape index (κ1) is 21.4. The minimum absolute atomic E-state index is 0.0322. The highest BCUT2D eigenvalue weighted by Gasteiger charge is 2.26. The van der Waals surface area contributed by atoms with Crippen molar-refractivity contribution >= 4 is 33.2 Å². The number of hydrogen-bond acceptors (Lipinski definition) is 6. The number of phenols is 1. The molecule has 1 aliphatic rings. The predicted octanol–water partition coefficient (Wildman–Crippen LogP) is 1.89. The fourth-order valence-corrected chi connectivity index (χ4v) is 4.53. The highest BCUT2D eigenvalue weighted by molar-refractivity contribution is 7.89. The van der Waals surface area contributed by atoms with Crippen LogP contribution in [0.4, 0.5) is 5.69 Å². The molecule has 1 amide bonds. The second kappa shape index (κ2) is 9.00. The first-order chi connectivity index (χ1) is 13.8. The van der Waals surface area contributed by atoms with E-state index < -0.39 is 15.9 Å². The van der Waals surface area contributed by atoms with Gasteiger partial charge in [-0.25, -0.2) is 8.42 Å². The van der Waals surface area contributed by atoms with Crippen LogP contribution < -0.4 is 10.2 Å². The smallest absolute Gasteiger partial charge is 0.252 e. The number of nitrogens with one attached hydrogen (secondary N) is 1. The summed E-state index contributed by atoms with van der Waals surface area (Å²) >= 11 is 5.95. The minimum atomic E-state index is -3.69. The molecule has 0 atom stereocenters. The highest BCUT2D eigenvalue weighted by atomic mass is 35.5. The van der Waals surface area contributed by atoms with Crippen molar-refractivity contribution in [1.29, 1.82) is 0 Å². The van der Waals surface area contributed by atoms with E-state index >= 15 is 0 Å². The normalized spacial score (nSPS) is 15.1. The summed E-state index contributed by atoms with van der Waals surface area (Å²) in [6.45, 7) is 1.36. The van der Waals surface area contributed by atoms with Gasteiger partial charge in [-0.3, -0.25) is 4.79 Å². The maximum atomic E-state index is 12.8. The quantitative estimate of drug-likeness (QED) is 0.667. The number of benzene rings is 2. The molecule has 1 heterocycles. The van der Waals surface area contributed by atoms with E-state index in [2.05, 4.69) is 5.32 Å². The number of anilines is 1. The molecule has 156 valence electrons. The summed E-state index contributed by atoms with van der Waals surface area (Å²) in [4.78, 5) is 14.2. The van der Waals surface area contributed by atoms with Crippen LogP contribution in [0.3, 0.4) is 0 Å². The largest absolute Gasteiger partial charge is 0.506 e. The van der Waals surface area contributed by atoms with Crippen molar-refractivity contribution in [3.8, 4) is 5.75 Å². The first-order valence-corrected chi connectivity index (χ1v) is 10.8. The molecular formula is C19H22ClN3O5S. The molecule has 1 saturated heterocycles. The van der Waals surface area contributed by atoms with Crippen LogP contribution in [0.25, 0.3) is 0 Å². The van der Waals surface area contributed by atoms with Crippen molar-refractivity contribution in [3.63, 3.8) is 0 Å². The van der Waals surface area contributed by atoms with Crippen molar-refractivity contribution < 1.29 is 23.1 Å². The maximum Gasteiger partial charge on any atom is 0.252 e. The molecule has 0 radical (unpaired) electrons. The minimum Gasteiger partial charge on any atom is -0.506 e. The molecule has 2 aromatic rings. The number of sulfonamides is 1. The van der Waals surface area contributed by atoms with Gasteiger partial charge in [-0.2, -0.15) is 4.31 Å². The van der Waals surface area contributed by atoms with E-state index in [4.69, 9.17) is 16.3 Å². The summed E-state index contributed by atoms with van der Waals surface area (Å²) < 4.78 is 32.1. The van der Waals surface area contributed by atoms with Gasteiger partial charge < -0.3 is 20.1 Å². The fourth-order valence-electron chi connectivity index (χ4n) is 2.91. The van der Waals surface area contributed by atoms with Crippen molar-refractivity contribution in [2.24, 2.45) is 0 Å². The lowest BCUT2D eigenvalue weighted by Crippen LogP contribution is -2.40. The van der Waals surface area contributed by atoms with Gasteiger partial charge in [0.1, 0.15) is 5.75 Å². The zero-order valence-corrected chi connectivity index (χ0v) is 17.4. The van der Waals surface area contributed by atoms with Crippen LogP contribution in [-0.4, -0.2) is 63.8 Å². The van der Waals surface area contributed by atoms with Gasteiger partial charge in [0.2, 0.25) is 10.0 Å². The number of hydrogen-bond donors (Lipinski definition) is 2. The second-order valence-electron chi connectivity index (χ2n) is 6.54. The van der Waals surface area contributed by atoms with Crippen molar-refractivity contribution in [1.82, 2.24) is 9.62 Å².